The first-order valence-corrected chi connectivity index (χ1v) is 7.03. The lowest BCUT2D eigenvalue weighted by molar-refractivity contribution is 0.103. The molecule has 2 N–H and O–H groups in total. The molecule has 0 saturated heterocycles. The molecule has 0 aromatic heterocycles. The average Bonchev–Trinajstić information content (AvgIpc) is 2.48. The molecule has 0 amide bonds. The van der Waals surface area contributed by atoms with Gasteiger partial charge in [0.1, 0.15) is 0 Å². The van der Waals surface area contributed by atoms with E-state index in [4.69, 9.17) is 5.73 Å². The summed E-state index contributed by atoms with van der Waals surface area (Å²) in [5.74, 6) is -0.0269. The van der Waals surface area contributed by atoms with Crippen LogP contribution in [0, 0.1) is 0 Å². The number of fused-ring (bicyclic) bond motifs is 1. The largest absolute Gasteiger partial charge is 0.399 e. The van der Waals surface area contributed by atoms with Crippen LogP contribution in [0.15, 0.2) is 65.1 Å². The van der Waals surface area contributed by atoms with Gasteiger partial charge in [-0.25, -0.2) is 0 Å². The Morgan fingerprint density at radius 2 is 1.65 bits per heavy atom. The molecule has 0 spiro atoms. The van der Waals surface area contributed by atoms with E-state index in [1.54, 1.807) is 18.2 Å². The van der Waals surface area contributed by atoms with E-state index in [0.29, 0.717) is 16.8 Å². The van der Waals surface area contributed by atoms with Gasteiger partial charge in [0.05, 0.1) is 0 Å². The van der Waals surface area contributed by atoms with Crippen molar-refractivity contribution in [2.24, 2.45) is 0 Å². The van der Waals surface area contributed by atoms with Crippen molar-refractivity contribution >= 4 is 38.2 Å². The zero-order valence-electron chi connectivity index (χ0n) is 10.6. The first kappa shape index (κ1) is 12.9. The van der Waals surface area contributed by atoms with Crippen molar-refractivity contribution in [3.63, 3.8) is 0 Å². The lowest BCUT2D eigenvalue weighted by Crippen LogP contribution is -2.04. The van der Waals surface area contributed by atoms with Crippen molar-refractivity contribution in [3.05, 3.63) is 76.3 Å². The number of hydrogen-bond acceptors (Lipinski definition) is 2. The number of nitrogens with two attached hydrogens (primary N) is 1. The summed E-state index contributed by atoms with van der Waals surface area (Å²) < 4.78 is 0.754. The van der Waals surface area contributed by atoms with Crippen LogP contribution in [0.3, 0.4) is 0 Å². The minimum Gasteiger partial charge on any atom is -0.399 e. The number of carbonyl (C=O) groups excluding carboxylic acids is 1. The van der Waals surface area contributed by atoms with Gasteiger partial charge in [0.15, 0.2) is 5.78 Å². The molecule has 0 aliphatic carbocycles. The van der Waals surface area contributed by atoms with Gasteiger partial charge in [0, 0.05) is 21.3 Å². The molecule has 3 heteroatoms. The normalized spacial score (nSPS) is 10.7. The molecule has 0 aliphatic heterocycles. The van der Waals surface area contributed by atoms with Gasteiger partial charge >= 0.3 is 0 Å². The van der Waals surface area contributed by atoms with E-state index < -0.39 is 0 Å². The smallest absolute Gasteiger partial charge is 0.194 e. The van der Waals surface area contributed by atoms with Crippen LogP contribution in [0.25, 0.3) is 10.8 Å². The number of nitrogen functional groups attached to an aromatic ring is 1. The third-order valence-corrected chi connectivity index (χ3v) is 3.96. The average molecular weight is 326 g/mol. The maximum atomic E-state index is 12.7. The summed E-state index contributed by atoms with van der Waals surface area (Å²) in [6.07, 6.45) is 0. The van der Waals surface area contributed by atoms with Crippen LogP contribution in [0.4, 0.5) is 5.69 Å². The lowest BCUT2D eigenvalue weighted by Gasteiger charge is -2.08. The predicted molar refractivity (Wildman–Crippen MR) is 85.9 cm³/mol. The summed E-state index contributed by atoms with van der Waals surface area (Å²) in [6.45, 7) is 0. The van der Waals surface area contributed by atoms with Crippen LogP contribution in [0.5, 0.6) is 0 Å². The standard InChI is InChI=1S/C17H12BrNO/c18-16-9-8-12(19)10-15(16)17(20)14-7-3-5-11-4-1-2-6-13(11)14/h1-10H,19H2. The molecule has 3 aromatic carbocycles. The van der Waals surface area contributed by atoms with Crippen molar-refractivity contribution in [3.8, 4) is 0 Å². The Morgan fingerprint density at radius 3 is 2.50 bits per heavy atom. The fourth-order valence-electron chi connectivity index (χ4n) is 2.29. The van der Waals surface area contributed by atoms with E-state index in [9.17, 15) is 4.79 Å². The minimum atomic E-state index is -0.0269. The molecule has 0 fully saturated rings. The molecule has 98 valence electrons. The molecule has 0 aliphatic rings. The molecule has 0 atom stereocenters. The molecule has 20 heavy (non-hydrogen) atoms. The lowest BCUT2D eigenvalue weighted by atomic mass is 9.97. The van der Waals surface area contributed by atoms with Gasteiger partial charge in [-0.05, 0) is 29.0 Å². The number of rotatable bonds is 2. The van der Waals surface area contributed by atoms with Gasteiger partial charge in [-0.3, -0.25) is 4.79 Å². The fourth-order valence-corrected chi connectivity index (χ4v) is 2.71. The number of carbonyl (C=O) groups is 1. The summed E-state index contributed by atoms with van der Waals surface area (Å²) in [6, 6.07) is 18.9. The highest BCUT2D eigenvalue weighted by Gasteiger charge is 2.15. The van der Waals surface area contributed by atoms with Crippen LogP contribution in [0.1, 0.15) is 15.9 Å². The van der Waals surface area contributed by atoms with Crippen molar-refractivity contribution in [1.82, 2.24) is 0 Å². The predicted octanol–water partition coefficient (Wildman–Crippen LogP) is 4.42. The zero-order valence-corrected chi connectivity index (χ0v) is 12.2. The van der Waals surface area contributed by atoms with Crippen molar-refractivity contribution < 1.29 is 4.79 Å². The Labute approximate surface area is 125 Å². The number of hydrogen-bond donors (Lipinski definition) is 1. The molecule has 0 radical (unpaired) electrons. The van der Waals surface area contributed by atoms with E-state index in [-0.39, 0.29) is 5.78 Å². The van der Waals surface area contributed by atoms with Gasteiger partial charge in [-0.15, -0.1) is 0 Å². The van der Waals surface area contributed by atoms with Crippen LogP contribution in [-0.2, 0) is 0 Å². The van der Waals surface area contributed by atoms with Crippen molar-refractivity contribution in [1.29, 1.82) is 0 Å². The maximum absolute atomic E-state index is 12.7. The van der Waals surface area contributed by atoms with Gasteiger partial charge in [-0.1, -0.05) is 58.4 Å². The van der Waals surface area contributed by atoms with Gasteiger partial charge < -0.3 is 5.73 Å². The highest BCUT2D eigenvalue weighted by atomic mass is 79.9. The second kappa shape index (κ2) is 5.10. The molecule has 0 unspecified atom stereocenters. The van der Waals surface area contributed by atoms with Gasteiger partial charge in [0.25, 0.3) is 0 Å². The van der Waals surface area contributed by atoms with Crippen LogP contribution in [0.2, 0.25) is 0 Å². The molecule has 3 aromatic rings. The molecular formula is C17H12BrNO. The molecular weight excluding hydrogens is 314 g/mol. The van der Waals surface area contributed by atoms with Gasteiger partial charge in [-0.2, -0.15) is 0 Å². The summed E-state index contributed by atoms with van der Waals surface area (Å²) in [5, 5.41) is 2.01. The van der Waals surface area contributed by atoms with E-state index in [2.05, 4.69) is 15.9 Å². The maximum Gasteiger partial charge on any atom is 0.194 e. The number of halogens is 1. The summed E-state index contributed by atoms with van der Waals surface area (Å²) in [5.41, 5.74) is 7.64. The zero-order chi connectivity index (χ0) is 14.1. The van der Waals surface area contributed by atoms with Gasteiger partial charge in [0.2, 0.25) is 0 Å². The van der Waals surface area contributed by atoms with Crippen molar-refractivity contribution in [2.75, 3.05) is 5.73 Å². The highest BCUT2D eigenvalue weighted by molar-refractivity contribution is 9.10. The second-order valence-electron chi connectivity index (χ2n) is 4.60. The summed E-state index contributed by atoms with van der Waals surface area (Å²) >= 11 is 3.42. The van der Waals surface area contributed by atoms with E-state index in [1.165, 1.54) is 0 Å². The first-order valence-electron chi connectivity index (χ1n) is 6.24. The molecule has 0 saturated carbocycles. The quantitative estimate of drug-likeness (QED) is 0.560. The Morgan fingerprint density at radius 1 is 0.900 bits per heavy atom. The van der Waals surface area contributed by atoms with Crippen LogP contribution < -0.4 is 5.73 Å². The molecule has 3 rings (SSSR count). The van der Waals surface area contributed by atoms with E-state index >= 15 is 0 Å². The second-order valence-corrected chi connectivity index (χ2v) is 5.45. The first-order chi connectivity index (χ1) is 9.66. The monoisotopic (exact) mass is 325 g/mol. The number of benzene rings is 3. The molecule has 0 heterocycles. The van der Waals surface area contributed by atoms with Crippen molar-refractivity contribution in [2.45, 2.75) is 0 Å². The third kappa shape index (κ3) is 2.21. The Hall–Kier alpha value is -2.13. The van der Waals surface area contributed by atoms with Crippen LogP contribution >= 0.6 is 15.9 Å². The summed E-state index contributed by atoms with van der Waals surface area (Å²) in [7, 11) is 0. The number of anilines is 1. The third-order valence-electron chi connectivity index (χ3n) is 3.27. The summed E-state index contributed by atoms with van der Waals surface area (Å²) in [4.78, 5) is 12.7. The topological polar surface area (TPSA) is 43.1 Å². The molecule has 2 nitrogen and oxygen atoms in total. The van der Waals surface area contributed by atoms with E-state index in [0.717, 1.165) is 15.2 Å². The van der Waals surface area contributed by atoms with E-state index in [1.807, 2.05) is 42.5 Å². The highest BCUT2D eigenvalue weighted by Crippen LogP contribution is 2.26. The Kier molecular flexibility index (Phi) is 3.28. The SMILES string of the molecule is Nc1ccc(Br)c(C(=O)c2cccc3ccccc23)c1. The number of ketones is 1. The fraction of sp³-hybridized carbons (Fsp3) is 0. The Bertz CT molecular complexity index is 806. The Balaban J connectivity index is 2.20. The molecule has 0 bridgehead atoms. The minimum absolute atomic E-state index is 0.0269. The van der Waals surface area contributed by atoms with Crippen LogP contribution in [-0.4, -0.2) is 5.78 Å².